The third-order valence-electron chi connectivity index (χ3n) is 4.57. The highest BCUT2D eigenvalue weighted by molar-refractivity contribution is 5.87. The van der Waals surface area contributed by atoms with E-state index in [1.54, 1.807) is 0 Å². The molecule has 2 aromatic carbocycles. The summed E-state index contributed by atoms with van der Waals surface area (Å²) in [5.74, 6) is 9.70. The molecule has 0 aliphatic rings. The van der Waals surface area contributed by atoms with Gasteiger partial charge in [0, 0.05) is 17.4 Å². The van der Waals surface area contributed by atoms with Crippen LogP contribution in [0.5, 0.6) is 0 Å². The lowest BCUT2D eigenvalue weighted by atomic mass is 9.98. The van der Waals surface area contributed by atoms with E-state index in [0.717, 1.165) is 12.0 Å². The summed E-state index contributed by atoms with van der Waals surface area (Å²) >= 11 is 0. The van der Waals surface area contributed by atoms with Crippen molar-refractivity contribution in [2.75, 3.05) is 0 Å². The predicted molar refractivity (Wildman–Crippen MR) is 160 cm³/mol. The molecule has 2 rings (SSSR count). The van der Waals surface area contributed by atoms with Crippen molar-refractivity contribution in [1.82, 2.24) is 0 Å². The Morgan fingerprint density at radius 3 is 1.94 bits per heavy atom. The molecule has 0 heteroatoms. The standard InChI is InChI=1S/C14H12.C10H18.C6H12.2C2H6/c1-4-12-5-6-14-11(3)7-10(2)8-13(14)9-12;1-5-6-7-8-9-10(2,3)4;1-5(2)6(3)4;2*1-2/h1,5-9H,2-3H3;5-7H2,1-4H3;6H,1H2,2-4H3;2*1-2H3. The van der Waals surface area contributed by atoms with Crippen LogP contribution in [-0.4, -0.2) is 0 Å². The Morgan fingerprint density at radius 1 is 1.00 bits per heavy atom. The quantitative estimate of drug-likeness (QED) is 0.242. The van der Waals surface area contributed by atoms with Gasteiger partial charge < -0.3 is 0 Å². The second kappa shape index (κ2) is 21.1. The van der Waals surface area contributed by atoms with Crippen LogP contribution < -0.4 is 0 Å². The molecule has 34 heavy (non-hydrogen) atoms. The van der Waals surface area contributed by atoms with Crippen molar-refractivity contribution >= 4 is 10.8 Å². The Hall–Kier alpha value is -2.44. The monoisotopic (exact) mass is 462 g/mol. The van der Waals surface area contributed by atoms with Gasteiger partial charge in [-0.05, 0) is 82.3 Å². The predicted octanol–water partition coefficient (Wildman–Crippen LogP) is 10.9. The highest BCUT2D eigenvalue weighted by atomic mass is 14.1. The number of unbranched alkanes of at least 4 members (excludes halogenated alkanes) is 2. The zero-order valence-corrected chi connectivity index (χ0v) is 24.9. The van der Waals surface area contributed by atoms with Gasteiger partial charge in [0.2, 0.25) is 0 Å². The number of hydrogen-bond donors (Lipinski definition) is 0. The first-order valence-corrected chi connectivity index (χ1v) is 13.0. The van der Waals surface area contributed by atoms with Gasteiger partial charge in [-0.2, -0.15) is 0 Å². The molecule has 0 aromatic heterocycles. The molecular weight excluding hydrogens is 408 g/mol. The van der Waals surface area contributed by atoms with Crippen LogP contribution in [0.1, 0.15) is 112 Å². The zero-order chi connectivity index (χ0) is 27.3. The van der Waals surface area contributed by atoms with Crippen molar-refractivity contribution in [1.29, 1.82) is 0 Å². The first-order valence-electron chi connectivity index (χ1n) is 13.0. The molecule has 0 nitrogen and oxygen atoms in total. The molecule has 0 amide bonds. The number of terminal acetylenes is 1. The Morgan fingerprint density at radius 2 is 1.53 bits per heavy atom. The highest BCUT2D eigenvalue weighted by Gasteiger charge is 2.02. The second-order valence-electron chi connectivity index (χ2n) is 9.32. The Labute approximate surface area is 214 Å². The molecule has 0 aliphatic heterocycles. The van der Waals surface area contributed by atoms with E-state index in [1.165, 1.54) is 40.3 Å². The first kappa shape index (κ1) is 36.1. The van der Waals surface area contributed by atoms with Crippen LogP contribution >= 0.6 is 0 Å². The summed E-state index contributed by atoms with van der Waals surface area (Å²) in [6.07, 6.45) is 8.92. The molecule has 0 saturated heterocycles. The third-order valence-corrected chi connectivity index (χ3v) is 4.57. The molecule has 0 unspecified atom stereocenters. The number of fused-ring (bicyclic) bond motifs is 1. The molecule has 0 atom stereocenters. The normalized spacial score (nSPS) is 9.21. The van der Waals surface area contributed by atoms with Crippen LogP contribution in [0, 0.1) is 49.4 Å². The molecule has 190 valence electrons. The number of rotatable bonds is 3. The molecule has 0 N–H and O–H groups in total. The average molecular weight is 463 g/mol. The van der Waals surface area contributed by atoms with Gasteiger partial charge in [-0.25, -0.2) is 0 Å². The Bertz CT molecular complexity index is 899. The maximum Gasteiger partial charge on any atom is 0.0248 e. The zero-order valence-electron chi connectivity index (χ0n) is 24.9. The minimum absolute atomic E-state index is 0.188. The largest absolute Gasteiger partial charge is 0.115 e. The molecular formula is C34H54. The maximum absolute atomic E-state index is 5.37. The van der Waals surface area contributed by atoms with E-state index in [-0.39, 0.29) is 5.41 Å². The summed E-state index contributed by atoms with van der Waals surface area (Å²) in [7, 11) is 0. The molecule has 0 saturated carbocycles. The van der Waals surface area contributed by atoms with Gasteiger partial charge in [-0.1, -0.05) is 103 Å². The Kier molecular flexibility index (Phi) is 22.4. The summed E-state index contributed by atoms with van der Waals surface area (Å²) in [6, 6.07) is 10.5. The lowest BCUT2D eigenvalue weighted by Gasteiger charge is -2.06. The van der Waals surface area contributed by atoms with Crippen LogP contribution in [0.25, 0.3) is 10.8 Å². The van der Waals surface area contributed by atoms with Gasteiger partial charge in [-0.3, -0.25) is 0 Å². The topological polar surface area (TPSA) is 0 Å². The minimum Gasteiger partial charge on any atom is -0.115 e. The number of aryl methyl sites for hydroxylation is 2. The third kappa shape index (κ3) is 19.1. The van der Waals surface area contributed by atoms with Crippen LogP contribution in [0.4, 0.5) is 0 Å². The number of allylic oxidation sites excluding steroid dienone is 1. The van der Waals surface area contributed by atoms with Crippen LogP contribution in [0.15, 0.2) is 42.5 Å². The minimum atomic E-state index is 0.188. The van der Waals surface area contributed by atoms with Crippen molar-refractivity contribution in [2.24, 2.45) is 11.3 Å². The molecule has 0 spiro atoms. The van der Waals surface area contributed by atoms with E-state index < -0.39 is 0 Å². The van der Waals surface area contributed by atoms with E-state index in [9.17, 15) is 0 Å². The molecule has 0 fully saturated rings. The van der Waals surface area contributed by atoms with E-state index in [4.69, 9.17) is 6.42 Å². The second-order valence-corrected chi connectivity index (χ2v) is 9.32. The Balaban J connectivity index is -0.000000423. The van der Waals surface area contributed by atoms with Gasteiger partial charge in [0.05, 0.1) is 0 Å². The fourth-order valence-corrected chi connectivity index (χ4v) is 2.43. The maximum atomic E-state index is 5.37. The van der Waals surface area contributed by atoms with Gasteiger partial charge in [-0.15, -0.1) is 12.3 Å². The molecule has 0 heterocycles. The molecule has 2 aromatic rings. The summed E-state index contributed by atoms with van der Waals surface area (Å²) in [5, 5.41) is 2.52. The molecule has 0 aliphatic carbocycles. The lowest BCUT2D eigenvalue weighted by molar-refractivity contribution is 0.570. The first-order chi connectivity index (χ1) is 15.9. The summed E-state index contributed by atoms with van der Waals surface area (Å²) in [5.41, 5.74) is 4.98. The van der Waals surface area contributed by atoms with Gasteiger partial charge in [0.1, 0.15) is 0 Å². The highest BCUT2D eigenvalue weighted by Crippen LogP contribution is 2.21. The average Bonchev–Trinajstić information content (AvgIpc) is 2.79. The van der Waals surface area contributed by atoms with Crippen LogP contribution in [0.2, 0.25) is 0 Å². The van der Waals surface area contributed by atoms with Crippen molar-refractivity contribution in [3.05, 3.63) is 59.2 Å². The summed E-state index contributed by atoms with van der Waals surface area (Å²) in [4.78, 5) is 0. The van der Waals surface area contributed by atoms with E-state index >= 15 is 0 Å². The van der Waals surface area contributed by atoms with Gasteiger partial charge >= 0.3 is 0 Å². The summed E-state index contributed by atoms with van der Waals surface area (Å²) in [6.45, 7) is 30.9. The summed E-state index contributed by atoms with van der Waals surface area (Å²) < 4.78 is 0. The van der Waals surface area contributed by atoms with Crippen LogP contribution in [0.3, 0.4) is 0 Å². The van der Waals surface area contributed by atoms with E-state index in [0.29, 0.717) is 5.92 Å². The van der Waals surface area contributed by atoms with Crippen molar-refractivity contribution in [2.45, 2.75) is 109 Å². The number of hydrogen-bond acceptors (Lipinski definition) is 0. The molecule has 0 radical (unpaired) electrons. The van der Waals surface area contributed by atoms with E-state index in [1.807, 2.05) is 40.7 Å². The fourth-order valence-electron chi connectivity index (χ4n) is 2.43. The van der Waals surface area contributed by atoms with Gasteiger partial charge in [0.15, 0.2) is 0 Å². The van der Waals surface area contributed by atoms with E-state index in [2.05, 4.69) is 104 Å². The smallest absolute Gasteiger partial charge is 0.0248 e. The fraction of sp³-hybridized carbons (Fsp3) is 0.529. The van der Waals surface area contributed by atoms with Crippen molar-refractivity contribution in [3.63, 3.8) is 0 Å². The van der Waals surface area contributed by atoms with Crippen molar-refractivity contribution in [3.8, 4) is 24.2 Å². The van der Waals surface area contributed by atoms with Crippen molar-refractivity contribution < 1.29 is 0 Å². The molecule has 0 bridgehead atoms. The number of benzene rings is 2. The lowest BCUT2D eigenvalue weighted by Crippen LogP contribution is -1.98. The van der Waals surface area contributed by atoms with Gasteiger partial charge in [0.25, 0.3) is 0 Å². The SMILES string of the molecule is C#Cc1ccc2c(C)cc(C)cc2c1.C=C(C)C(C)C.CC.CC.CCCCC#CC(C)(C)C. The van der Waals surface area contributed by atoms with Crippen LogP contribution in [-0.2, 0) is 0 Å².